The van der Waals surface area contributed by atoms with E-state index in [1.807, 2.05) is 31.2 Å². The van der Waals surface area contributed by atoms with E-state index in [9.17, 15) is 9.59 Å². The number of ether oxygens (including phenoxy) is 1. The number of nitrogens with zero attached hydrogens (tertiary/aromatic N) is 1. The molecule has 132 valence electrons. The minimum absolute atomic E-state index is 0.0529. The van der Waals surface area contributed by atoms with Crippen molar-refractivity contribution < 1.29 is 19.4 Å². The van der Waals surface area contributed by atoms with E-state index in [0.29, 0.717) is 26.0 Å². The first-order valence-electron chi connectivity index (χ1n) is 8.38. The summed E-state index contributed by atoms with van der Waals surface area (Å²) in [5.41, 5.74) is 0. The molecule has 1 saturated heterocycles. The lowest BCUT2D eigenvalue weighted by atomic mass is 9.93. The number of hydrogen-bond acceptors (Lipinski definition) is 3. The van der Waals surface area contributed by atoms with Crippen molar-refractivity contribution in [3.05, 3.63) is 28.7 Å². The van der Waals surface area contributed by atoms with Gasteiger partial charge < -0.3 is 14.7 Å². The lowest BCUT2D eigenvalue weighted by molar-refractivity contribution is -0.147. The van der Waals surface area contributed by atoms with E-state index in [4.69, 9.17) is 9.84 Å². The van der Waals surface area contributed by atoms with Crippen molar-refractivity contribution in [3.63, 3.8) is 0 Å². The molecule has 1 aliphatic heterocycles. The third-order valence-corrected chi connectivity index (χ3v) is 4.95. The molecule has 1 heterocycles. The Labute approximate surface area is 151 Å². The molecule has 1 aliphatic rings. The Bertz CT molecular complexity index is 561. The van der Waals surface area contributed by atoms with Crippen LogP contribution in [0.4, 0.5) is 0 Å². The summed E-state index contributed by atoms with van der Waals surface area (Å²) >= 11 is 3.38. The van der Waals surface area contributed by atoms with Gasteiger partial charge in [0.1, 0.15) is 5.75 Å². The molecule has 1 aromatic carbocycles. The number of piperidine rings is 1. The lowest BCUT2D eigenvalue weighted by Crippen LogP contribution is -2.47. The average molecular weight is 398 g/mol. The van der Waals surface area contributed by atoms with Gasteiger partial charge in [-0.25, -0.2) is 0 Å². The van der Waals surface area contributed by atoms with Crippen LogP contribution in [0.15, 0.2) is 28.7 Å². The van der Waals surface area contributed by atoms with E-state index in [-0.39, 0.29) is 11.9 Å². The molecule has 0 spiro atoms. The van der Waals surface area contributed by atoms with Crippen LogP contribution in [0.5, 0.6) is 5.75 Å². The summed E-state index contributed by atoms with van der Waals surface area (Å²) in [6, 6.07) is 7.78. The van der Waals surface area contributed by atoms with Crippen molar-refractivity contribution >= 4 is 27.8 Å². The van der Waals surface area contributed by atoms with Crippen LogP contribution in [-0.2, 0) is 9.59 Å². The number of halogens is 1. The minimum atomic E-state index is -0.803. The van der Waals surface area contributed by atoms with Crippen LogP contribution in [0.1, 0.15) is 39.0 Å². The number of aliphatic carboxylic acids is 1. The minimum Gasteiger partial charge on any atom is -0.494 e. The van der Waals surface area contributed by atoms with Crippen molar-refractivity contribution in [2.45, 2.75) is 45.1 Å². The molecule has 2 unspecified atom stereocenters. The molecule has 24 heavy (non-hydrogen) atoms. The van der Waals surface area contributed by atoms with Crippen LogP contribution in [0.25, 0.3) is 0 Å². The Hall–Kier alpha value is -1.56. The van der Waals surface area contributed by atoms with E-state index in [0.717, 1.165) is 29.5 Å². The van der Waals surface area contributed by atoms with Gasteiger partial charge in [-0.15, -0.1) is 0 Å². The predicted octanol–water partition coefficient (Wildman–Crippen LogP) is 3.71. The number of carbonyl (C=O) groups is 2. The predicted molar refractivity (Wildman–Crippen MR) is 95.0 cm³/mol. The van der Waals surface area contributed by atoms with E-state index >= 15 is 0 Å². The number of amides is 1. The van der Waals surface area contributed by atoms with Gasteiger partial charge in [0.05, 0.1) is 12.5 Å². The number of unbranched alkanes of at least 4 members (excludes halogenated alkanes) is 1. The van der Waals surface area contributed by atoms with Crippen molar-refractivity contribution in [2.75, 3.05) is 13.2 Å². The highest BCUT2D eigenvalue weighted by atomic mass is 79.9. The second-order valence-corrected chi connectivity index (χ2v) is 7.18. The number of carbonyl (C=O) groups excluding carboxylic acids is 1. The molecule has 0 aromatic heterocycles. The molecule has 6 heteroatoms. The molecular weight excluding hydrogens is 374 g/mol. The standard InChI is InChI=1S/C18H24BrNO4/c1-13-5-6-14(18(22)23)12-20(13)17(21)4-2-3-11-24-16-9-7-15(19)8-10-16/h7-10,13-14H,2-6,11-12H2,1H3,(H,22,23). The van der Waals surface area contributed by atoms with Gasteiger partial charge in [0.15, 0.2) is 0 Å². The molecule has 0 bridgehead atoms. The molecule has 0 saturated carbocycles. The second kappa shape index (κ2) is 9.06. The molecule has 2 rings (SSSR count). The first-order chi connectivity index (χ1) is 11.5. The topological polar surface area (TPSA) is 66.8 Å². The van der Waals surface area contributed by atoms with Gasteiger partial charge in [-0.05, 0) is 56.9 Å². The monoisotopic (exact) mass is 397 g/mol. The molecule has 1 fully saturated rings. The van der Waals surface area contributed by atoms with Crippen LogP contribution in [-0.4, -0.2) is 41.1 Å². The summed E-state index contributed by atoms with van der Waals surface area (Å²) < 4.78 is 6.64. The van der Waals surface area contributed by atoms with Gasteiger partial charge in [0.25, 0.3) is 0 Å². The molecule has 1 aromatic rings. The number of likely N-dealkylation sites (tertiary alicyclic amines) is 1. The zero-order valence-electron chi connectivity index (χ0n) is 13.9. The van der Waals surface area contributed by atoms with Gasteiger partial charge in [-0.1, -0.05) is 15.9 Å². The van der Waals surface area contributed by atoms with Crippen molar-refractivity contribution in [1.29, 1.82) is 0 Å². The number of rotatable bonds is 7. The fourth-order valence-electron chi connectivity index (χ4n) is 2.90. The van der Waals surface area contributed by atoms with E-state index in [1.165, 1.54) is 0 Å². The molecule has 2 atom stereocenters. The first-order valence-corrected chi connectivity index (χ1v) is 9.17. The molecule has 0 aliphatic carbocycles. The lowest BCUT2D eigenvalue weighted by Gasteiger charge is -2.36. The van der Waals surface area contributed by atoms with Gasteiger partial charge in [-0.2, -0.15) is 0 Å². The molecular formula is C18H24BrNO4. The molecule has 0 radical (unpaired) electrons. The fraction of sp³-hybridized carbons (Fsp3) is 0.556. The summed E-state index contributed by atoms with van der Waals surface area (Å²) in [6.07, 6.45) is 3.40. The number of hydrogen-bond donors (Lipinski definition) is 1. The summed E-state index contributed by atoms with van der Waals surface area (Å²) in [5.74, 6) is -0.357. The quantitative estimate of drug-likeness (QED) is 0.712. The van der Waals surface area contributed by atoms with E-state index in [1.54, 1.807) is 4.90 Å². The van der Waals surface area contributed by atoms with Gasteiger partial charge in [0.2, 0.25) is 5.91 Å². The van der Waals surface area contributed by atoms with Gasteiger partial charge in [0, 0.05) is 23.5 Å². The van der Waals surface area contributed by atoms with Crippen LogP contribution in [0.2, 0.25) is 0 Å². The van der Waals surface area contributed by atoms with Crippen molar-refractivity contribution in [1.82, 2.24) is 4.90 Å². The highest BCUT2D eigenvalue weighted by molar-refractivity contribution is 9.10. The van der Waals surface area contributed by atoms with Crippen LogP contribution in [0, 0.1) is 5.92 Å². The summed E-state index contributed by atoms with van der Waals surface area (Å²) in [6.45, 7) is 2.90. The number of benzene rings is 1. The zero-order valence-corrected chi connectivity index (χ0v) is 15.5. The number of carboxylic acid groups (broad SMARTS) is 1. The van der Waals surface area contributed by atoms with Crippen molar-refractivity contribution in [2.24, 2.45) is 5.92 Å². The van der Waals surface area contributed by atoms with E-state index in [2.05, 4.69) is 15.9 Å². The summed E-state index contributed by atoms with van der Waals surface area (Å²) in [4.78, 5) is 25.2. The van der Waals surface area contributed by atoms with Crippen LogP contribution in [0.3, 0.4) is 0 Å². The highest BCUT2D eigenvalue weighted by Gasteiger charge is 2.31. The van der Waals surface area contributed by atoms with Crippen molar-refractivity contribution in [3.8, 4) is 5.75 Å². The van der Waals surface area contributed by atoms with Gasteiger partial charge in [-0.3, -0.25) is 9.59 Å². The third kappa shape index (κ3) is 5.51. The Morgan fingerprint density at radius 2 is 1.96 bits per heavy atom. The third-order valence-electron chi connectivity index (χ3n) is 4.42. The molecule has 1 amide bonds. The maximum absolute atomic E-state index is 12.3. The first kappa shape index (κ1) is 18.8. The summed E-state index contributed by atoms with van der Waals surface area (Å²) in [5, 5.41) is 9.14. The SMILES string of the molecule is CC1CCC(C(=O)O)CN1C(=O)CCCCOc1ccc(Br)cc1. The maximum Gasteiger partial charge on any atom is 0.308 e. The molecule has 5 nitrogen and oxygen atoms in total. The Kier molecular flexibility index (Phi) is 7.09. The second-order valence-electron chi connectivity index (χ2n) is 6.27. The van der Waals surface area contributed by atoms with Crippen LogP contribution >= 0.6 is 15.9 Å². The van der Waals surface area contributed by atoms with Crippen LogP contribution < -0.4 is 4.74 Å². The normalized spacial score (nSPS) is 20.7. The summed E-state index contributed by atoms with van der Waals surface area (Å²) in [7, 11) is 0. The molecule has 1 N–H and O–H groups in total. The smallest absolute Gasteiger partial charge is 0.308 e. The Balaban J connectivity index is 1.68. The fourth-order valence-corrected chi connectivity index (χ4v) is 3.16. The van der Waals surface area contributed by atoms with Gasteiger partial charge >= 0.3 is 5.97 Å². The zero-order chi connectivity index (χ0) is 17.5. The van der Waals surface area contributed by atoms with E-state index < -0.39 is 11.9 Å². The Morgan fingerprint density at radius 3 is 2.62 bits per heavy atom. The number of carboxylic acids is 1. The average Bonchev–Trinajstić information content (AvgIpc) is 2.56. The highest BCUT2D eigenvalue weighted by Crippen LogP contribution is 2.23. The largest absolute Gasteiger partial charge is 0.494 e. The Morgan fingerprint density at radius 1 is 1.25 bits per heavy atom. The maximum atomic E-state index is 12.3.